The molecule has 7 heteroatoms. The Morgan fingerprint density at radius 2 is 1.54 bits per heavy atom. The molecule has 0 spiro atoms. The third kappa shape index (κ3) is 7.19. The summed E-state index contributed by atoms with van der Waals surface area (Å²) in [4.78, 5) is 35.7. The smallest absolute Gasteiger partial charge is 0.242 e. The number of carbonyl (C=O) groups excluding carboxylic acids is 3. The van der Waals surface area contributed by atoms with Crippen LogP contribution in [0.15, 0.2) is 48.5 Å². The molecular formula is C21H23FN2O4. The molecule has 0 aliphatic carbocycles. The van der Waals surface area contributed by atoms with Crippen LogP contribution in [0, 0.1) is 5.82 Å². The van der Waals surface area contributed by atoms with Gasteiger partial charge in [0.1, 0.15) is 11.6 Å². The Kier molecular flexibility index (Phi) is 8.14. The summed E-state index contributed by atoms with van der Waals surface area (Å²) in [6.45, 7) is 2.62. The minimum Gasteiger partial charge on any atom is -0.494 e. The second-order valence-corrected chi connectivity index (χ2v) is 6.20. The number of amides is 2. The van der Waals surface area contributed by atoms with E-state index in [0.717, 1.165) is 6.42 Å². The van der Waals surface area contributed by atoms with E-state index in [1.807, 2.05) is 6.92 Å². The van der Waals surface area contributed by atoms with Gasteiger partial charge in [-0.1, -0.05) is 19.1 Å². The fourth-order valence-electron chi connectivity index (χ4n) is 2.36. The first kappa shape index (κ1) is 21.1. The molecule has 0 radical (unpaired) electrons. The molecule has 148 valence electrons. The molecule has 2 N–H and O–H groups in total. The van der Waals surface area contributed by atoms with Gasteiger partial charge in [0.25, 0.3) is 0 Å². The molecule has 0 aliphatic rings. The van der Waals surface area contributed by atoms with Crippen molar-refractivity contribution in [3.63, 3.8) is 0 Å². The summed E-state index contributed by atoms with van der Waals surface area (Å²) >= 11 is 0. The topological polar surface area (TPSA) is 84.5 Å². The van der Waals surface area contributed by atoms with Crippen LogP contribution in [0.5, 0.6) is 5.75 Å². The maximum atomic E-state index is 12.8. The second-order valence-electron chi connectivity index (χ2n) is 6.20. The van der Waals surface area contributed by atoms with Crippen LogP contribution in [-0.4, -0.2) is 24.2 Å². The Labute approximate surface area is 163 Å². The first-order valence-electron chi connectivity index (χ1n) is 9.06. The Morgan fingerprint density at radius 1 is 0.893 bits per heavy atom. The van der Waals surface area contributed by atoms with E-state index >= 15 is 0 Å². The standard InChI is InChI=1S/C21H23FN2O4/c1-2-13-28-18-9-5-16(6-10-18)19(25)11-12-20(26)23-24-21(27)14-15-3-7-17(22)8-4-15/h3-10H,2,11-14H2,1H3,(H,23,26)(H,24,27). The number of ether oxygens (including phenoxy) is 1. The molecule has 2 aromatic rings. The highest BCUT2D eigenvalue weighted by Crippen LogP contribution is 2.14. The average Bonchev–Trinajstić information content (AvgIpc) is 2.71. The van der Waals surface area contributed by atoms with Crippen LogP contribution in [0.4, 0.5) is 4.39 Å². The van der Waals surface area contributed by atoms with Crippen LogP contribution in [-0.2, 0) is 16.0 Å². The van der Waals surface area contributed by atoms with E-state index in [9.17, 15) is 18.8 Å². The molecule has 0 atom stereocenters. The first-order valence-corrected chi connectivity index (χ1v) is 9.06. The lowest BCUT2D eigenvalue weighted by Gasteiger charge is -2.08. The number of carbonyl (C=O) groups is 3. The quantitative estimate of drug-likeness (QED) is 0.513. The minimum atomic E-state index is -0.469. The van der Waals surface area contributed by atoms with Gasteiger partial charge in [0.05, 0.1) is 13.0 Å². The Morgan fingerprint density at radius 3 is 2.18 bits per heavy atom. The lowest BCUT2D eigenvalue weighted by atomic mass is 10.1. The van der Waals surface area contributed by atoms with Gasteiger partial charge < -0.3 is 4.74 Å². The van der Waals surface area contributed by atoms with Crippen molar-refractivity contribution >= 4 is 17.6 Å². The molecule has 28 heavy (non-hydrogen) atoms. The summed E-state index contributed by atoms with van der Waals surface area (Å²) in [6.07, 6.45) is 0.876. The summed E-state index contributed by atoms with van der Waals surface area (Å²) in [5, 5.41) is 0. The van der Waals surface area contributed by atoms with Crippen LogP contribution < -0.4 is 15.6 Å². The molecule has 0 fully saturated rings. The summed E-state index contributed by atoms with van der Waals surface area (Å²) in [7, 11) is 0. The van der Waals surface area contributed by atoms with E-state index < -0.39 is 11.8 Å². The van der Waals surface area contributed by atoms with E-state index in [0.29, 0.717) is 23.5 Å². The van der Waals surface area contributed by atoms with Crippen molar-refractivity contribution in [1.82, 2.24) is 10.9 Å². The number of nitrogens with one attached hydrogen (secondary N) is 2. The highest BCUT2D eigenvalue weighted by Gasteiger charge is 2.11. The van der Waals surface area contributed by atoms with E-state index in [-0.39, 0.29) is 30.9 Å². The second kappa shape index (κ2) is 10.8. The highest BCUT2D eigenvalue weighted by atomic mass is 19.1. The number of hydrazine groups is 1. The molecular weight excluding hydrogens is 363 g/mol. The summed E-state index contributed by atoms with van der Waals surface area (Å²) < 4.78 is 18.3. The number of halogens is 1. The third-order valence-electron chi connectivity index (χ3n) is 3.85. The van der Waals surface area contributed by atoms with Crippen molar-refractivity contribution in [2.75, 3.05) is 6.61 Å². The van der Waals surface area contributed by atoms with Gasteiger partial charge in [-0.2, -0.15) is 0 Å². The number of hydrogen-bond acceptors (Lipinski definition) is 4. The van der Waals surface area contributed by atoms with Crippen molar-refractivity contribution in [2.24, 2.45) is 0 Å². The molecule has 6 nitrogen and oxygen atoms in total. The van der Waals surface area contributed by atoms with Crippen LogP contribution in [0.2, 0.25) is 0 Å². The zero-order valence-electron chi connectivity index (χ0n) is 15.7. The Hall–Kier alpha value is -3.22. The lowest BCUT2D eigenvalue weighted by molar-refractivity contribution is -0.128. The van der Waals surface area contributed by atoms with Gasteiger partial charge in [-0.3, -0.25) is 25.2 Å². The maximum absolute atomic E-state index is 12.8. The number of rotatable bonds is 9. The zero-order chi connectivity index (χ0) is 20.4. The molecule has 0 aliphatic heterocycles. The summed E-state index contributed by atoms with van der Waals surface area (Å²) in [6, 6.07) is 12.3. The van der Waals surface area contributed by atoms with Crippen LogP contribution in [0.25, 0.3) is 0 Å². The molecule has 0 unspecified atom stereocenters. The van der Waals surface area contributed by atoms with Gasteiger partial charge in [-0.25, -0.2) is 4.39 Å². The van der Waals surface area contributed by atoms with Gasteiger partial charge in [0, 0.05) is 18.4 Å². The van der Waals surface area contributed by atoms with Crippen molar-refractivity contribution in [3.8, 4) is 5.75 Å². The SMILES string of the molecule is CCCOc1ccc(C(=O)CCC(=O)NNC(=O)Cc2ccc(F)cc2)cc1. The Balaban J connectivity index is 1.70. The van der Waals surface area contributed by atoms with E-state index in [1.165, 1.54) is 24.3 Å². The van der Waals surface area contributed by atoms with E-state index in [4.69, 9.17) is 4.74 Å². The monoisotopic (exact) mass is 386 g/mol. The predicted molar refractivity (Wildman–Crippen MR) is 102 cm³/mol. The number of hydrogen-bond donors (Lipinski definition) is 2. The molecule has 2 aromatic carbocycles. The van der Waals surface area contributed by atoms with Crippen molar-refractivity contribution in [1.29, 1.82) is 0 Å². The molecule has 0 bridgehead atoms. The molecule has 2 amide bonds. The zero-order valence-corrected chi connectivity index (χ0v) is 15.7. The van der Waals surface area contributed by atoms with Gasteiger partial charge in [0.2, 0.25) is 11.8 Å². The molecule has 2 rings (SSSR count). The Bertz CT molecular complexity index is 804. The van der Waals surface area contributed by atoms with Gasteiger partial charge in [-0.05, 0) is 48.4 Å². The largest absolute Gasteiger partial charge is 0.494 e. The maximum Gasteiger partial charge on any atom is 0.242 e. The predicted octanol–water partition coefficient (Wildman–Crippen LogP) is 2.97. The minimum absolute atomic E-state index is 0.00589. The summed E-state index contributed by atoms with van der Waals surface area (Å²) in [5.74, 6) is -0.766. The van der Waals surface area contributed by atoms with Crippen LogP contribution in [0.1, 0.15) is 42.1 Å². The highest BCUT2D eigenvalue weighted by molar-refractivity contribution is 5.98. The fraction of sp³-hybridized carbons (Fsp3) is 0.286. The van der Waals surface area contributed by atoms with Gasteiger partial charge in [0.15, 0.2) is 5.78 Å². The lowest BCUT2D eigenvalue weighted by Crippen LogP contribution is -2.42. The molecule has 0 heterocycles. The molecule has 0 aromatic heterocycles. The van der Waals surface area contributed by atoms with Gasteiger partial charge >= 0.3 is 0 Å². The number of Topliss-reactive ketones (excluding diaryl/α,β-unsaturated/α-hetero) is 1. The average molecular weight is 386 g/mol. The summed E-state index contributed by atoms with van der Waals surface area (Å²) in [5.41, 5.74) is 5.66. The molecule has 0 saturated heterocycles. The number of benzene rings is 2. The van der Waals surface area contributed by atoms with Crippen LogP contribution in [0.3, 0.4) is 0 Å². The third-order valence-corrected chi connectivity index (χ3v) is 3.85. The first-order chi connectivity index (χ1) is 13.5. The van der Waals surface area contributed by atoms with Crippen molar-refractivity contribution < 1.29 is 23.5 Å². The van der Waals surface area contributed by atoms with Crippen molar-refractivity contribution in [3.05, 3.63) is 65.5 Å². The molecule has 0 saturated carbocycles. The van der Waals surface area contributed by atoms with Crippen LogP contribution >= 0.6 is 0 Å². The normalized spacial score (nSPS) is 10.2. The fourth-order valence-corrected chi connectivity index (χ4v) is 2.36. The van der Waals surface area contributed by atoms with E-state index in [2.05, 4.69) is 10.9 Å². The van der Waals surface area contributed by atoms with E-state index in [1.54, 1.807) is 24.3 Å². The van der Waals surface area contributed by atoms with Crippen molar-refractivity contribution in [2.45, 2.75) is 32.6 Å². The number of ketones is 1. The van der Waals surface area contributed by atoms with Gasteiger partial charge in [-0.15, -0.1) is 0 Å².